The van der Waals surface area contributed by atoms with Crippen molar-refractivity contribution >= 4 is 58.3 Å². The van der Waals surface area contributed by atoms with Crippen LogP contribution in [0.1, 0.15) is 12.0 Å². The number of carbonyl (C=O) groups is 1. The maximum atomic E-state index is 13.0. The SMILES string of the molecule is CSC[C@H]1[C@@H]2N(O)CCC23c2ccccc2N[C@H]3N1C(=O)OCC(Cl)(Cl)Cl. The number of para-hydroxylation sites is 1. The summed E-state index contributed by atoms with van der Waals surface area (Å²) in [6.07, 6.45) is 1.84. The Morgan fingerprint density at radius 3 is 2.89 bits per heavy atom. The van der Waals surface area contributed by atoms with Gasteiger partial charge in [0.15, 0.2) is 0 Å². The maximum Gasteiger partial charge on any atom is 0.411 e. The van der Waals surface area contributed by atoms with Crippen molar-refractivity contribution in [3.05, 3.63) is 29.8 Å². The van der Waals surface area contributed by atoms with Crippen molar-refractivity contribution in [2.45, 2.75) is 33.9 Å². The van der Waals surface area contributed by atoms with Crippen LogP contribution in [0.25, 0.3) is 0 Å². The third-order valence-corrected chi connectivity index (χ3v) is 6.72. The van der Waals surface area contributed by atoms with E-state index in [2.05, 4.69) is 11.4 Å². The molecule has 1 aromatic carbocycles. The van der Waals surface area contributed by atoms with E-state index in [-0.39, 0.29) is 24.9 Å². The van der Waals surface area contributed by atoms with Gasteiger partial charge in [-0.15, -0.1) is 0 Å². The average molecular weight is 453 g/mol. The lowest BCUT2D eigenvalue weighted by Crippen LogP contribution is -2.50. The van der Waals surface area contributed by atoms with E-state index in [0.29, 0.717) is 12.3 Å². The van der Waals surface area contributed by atoms with Gasteiger partial charge in [0.25, 0.3) is 0 Å². The molecule has 3 heterocycles. The van der Waals surface area contributed by atoms with Gasteiger partial charge in [0.1, 0.15) is 12.8 Å². The van der Waals surface area contributed by atoms with E-state index >= 15 is 0 Å². The fourth-order valence-corrected chi connectivity index (χ4v) is 5.74. The Hall–Kier alpha value is -0.570. The van der Waals surface area contributed by atoms with Gasteiger partial charge in [0.2, 0.25) is 3.79 Å². The number of hydrogen-bond donors (Lipinski definition) is 2. The van der Waals surface area contributed by atoms with Crippen LogP contribution in [0.3, 0.4) is 0 Å². The van der Waals surface area contributed by atoms with Gasteiger partial charge in [-0.05, 0) is 24.3 Å². The Labute approximate surface area is 177 Å². The molecule has 3 aliphatic heterocycles. The van der Waals surface area contributed by atoms with Crippen molar-refractivity contribution in [2.24, 2.45) is 0 Å². The molecule has 1 amide bonds. The number of ether oxygens (including phenoxy) is 1. The fourth-order valence-electron chi connectivity index (χ4n) is 4.89. The molecule has 4 atom stereocenters. The Balaban J connectivity index is 1.73. The molecule has 2 N–H and O–H groups in total. The minimum Gasteiger partial charge on any atom is -0.445 e. The summed E-state index contributed by atoms with van der Waals surface area (Å²) in [6.45, 7) is 0.220. The monoisotopic (exact) mass is 451 g/mol. The number of benzene rings is 1. The minimum atomic E-state index is -1.67. The first-order valence-electron chi connectivity index (χ1n) is 8.62. The number of fused-ring (bicyclic) bond motifs is 1. The summed E-state index contributed by atoms with van der Waals surface area (Å²) in [7, 11) is 0. The summed E-state index contributed by atoms with van der Waals surface area (Å²) in [6, 6.07) is 7.54. The number of thioether (sulfide) groups is 1. The summed E-state index contributed by atoms with van der Waals surface area (Å²) in [4.78, 5) is 14.7. The second-order valence-corrected chi connectivity index (χ2v) is 10.5. The first-order valence-corrected chi connectivity index (χ1v) is 11.1. The zero-order valence-electron chi connectivity index (χ0n) is 14.6. The van der Waals surface area contributed by atoms with Crippen molar-refractivity contribution in [1.29, 1.82) is 0 Å². The van der Waals surface area contributed by atoms with Gasteiger partial charge >= 0.3 is 6.09 Å². The number of rotatable bonds is 3. The second kappa shape index (κ2) is 7.04. The lowest BCUT2D eigenvalue weighted by Gasteiger charge is -2.32. The number of alkyl halides is 3. The second-order valence-electron chi connectivity index (χ2n) is 7.09. The van der Waals surface area contributed by atoms with E-state index in [1.165, 1.54) is 5.06 Å². The van der Waals surface area contributed by atoms with E-state index in [9.17, 15) is 10.0 Å². The van der Waals surface area contributed by atoms with Crippen LogP contribution in [-0.4, -0.2) is 68.5 Å². The van der Waals surface area contributed by atoms with Gasteiger partial charge < -0.3 is 15.3 Å². The normalized spacial score (nSPS) is 32.0. The Morgan fingerprint density at radius 2 is 2.19 bits per heavy atom. The lowest BCUT2D eigenvalue weighted by atomic mass is 9.75. The quantitative estimate of drug-likeness (QED) is 0.682. The highest BCUT2D eigenvalue weighted by Crippen LogP contribution is 2.57. The number of carbonyl (C=O) groups excluding carboxylic acids is 1. The summed E-state index contributed by atoms with van der Waals surface area (Å²) >= 11 is 18.9. The molecule has 27 heavy (non-hydrogen) atoms. The zero-order chi connectivity index (χ0) is 19.4. The standard InChI is InChI=1S/C17H20Cl3N3O3S/c1-27-8-12-13-16(6-7-22(13)25)10-4-2-3-5-11(10)21-14(16)23(12)15(24)26-9-17(18,19)20/h2-5,12-14,21,25H,6-9H2,1H3/t12-,13-,14-,16?/m0/s1. The van der Waals surface area contributed by atoms with Crippen LogP contribution >= 0.6 is 46.6 Å². The molecule has 2 fully saturated rings. The fraction of sp³-hybridized carbons (Fsp3) is 0.588. The molecule has 1 spiro atoms. The van der Waals surface area contributed by atoms with Gasteiger partial charge in [0, 0.05) is 18.0 Å². The minimum absolute atomic E-state index is 0.230. The first kappa shape index (κ1) is 19.7. The number of hydrogen-bond acceptors (Lipinski definition) is 6. The summed E-state index contributed by atoms with van der Waals surface area (Å²) in [5, 5.41) is 15.5. The van der Waals surface area contributed by atoms with Crippen molar-refractivity contribution in [3.8, 4) is 0 Å². The number of halogens is 3. The predicted molar refractivity (Wildman–Crippen MR) is 108 cm³/mol. The van der Waals surface area contributed by atoms with Crippen molar-refractivity contribution < 1.29 is 14.7 Å². The average Bonchev–Trinajstić information content (AvgIpc) is 3.19. The topological polar surface area (TPSA) is 65.0 Å². The molecule has 1 aromatic rings. The Morgan fingerprint density at radius 1 is 1.44 bits per heavy atom. The molecule has 0 aromatic heterocycles. The molecular formula is C17H20Cl3N3O3S. The van der Waals surface area contributed by atoms with Gasteiger partial charge in [-0.25, -0.2) is 4.79 Å². The molecule has 148 valence electrons. The number of amides is 1. The highest BCUT2D eigenvalue weighted by atomic mass is 35.6. The molecule has 10 heteroatoms. The van der Waals surface area contributed by atoms with E-state index < -0.39 is 15.3 Å². The van der Waals surface area contributed by atoms with Gasteiger partial charge in [-0.1, -0.05) is 53.0 Å². The van der Waals surface area contributed by atoms with Crippen LogP contribution in [0.5, 0.6) is 0 Å². The van der Waals surface area contributed by atoms with Crippen LogP contribution in [-0.2, 0) is 10.2 Å². The van der Waals surface area contributed by atoms with Crippen LogP contribution < -0.4 is 5.32 Å². The molecule has 4 rings (SSSR count). The third kappa shape index (κ3) is 3.07. The van der Waals surface area contributed by atoms with Gasteiger partial charge in [-0.2, -0.15) is 16.8 Å². The summed E-state index contributed by atoms with van der Waals surface area (Å²) < 4.78 is 3.64. The zero-order valence-corrected chi connectivity index (χ0v) is 17.7. The Bertz CT molecular complexity index is 750. The highest BCUT2D eigenvalue weighted by molar-refractivity contribution is 7.98. The molecule has 2 saturated heterocycles. The number of nitrogens with one attached hydrogen (secondary N) is 1. The number of hydroxylamine groups is 2. The third-order valence-electron chi connectivity index (χ3n) is 5.72. The first-order chi connectivity index (χ1) is 12.8. The molecular weight excluding hydrogens is 433 g/mol. The molecule has 6 nitrogen and oxygen atoms in total. The summed E-state index contributed by atoms with van der Waals surface area (Å²) in [5.74, 6) is 0.659. The predicted octanol–water partition coefficient (Wildman–Crippen LogP) is 3.69. The Kier molecular flexibility index (Phi) is 5.15. The van der Waals surface area contributed by atoms with E-state index in [1.807, 2.05) is 24.5 Å². The lowest BCUT2D eigenvalue weighted by molar-refractivity contribution is -0.114. The van der Waals surface area contributed by atoms with Gasteiger partial charge in [0.05, 0.1) is 17.5 Å². The van der Waals surface area contributed by atoms with Crippen LogP contribution in [0, 0.1) is 0 Å². The van der Waals surface area contributed by atoms with E-state index in [1.54, 1.807) is 16.7 Å². The number of nitrogens with zero attached hydrogens (tertiary/aromatic N) is 2. The number of anilines is 1. The molecule has 0 bridgehead atoms. The molecule has 0 aliphatic carbocycles. The van der Waals surface area contributed by atoms with Crippen LogP contribution in [0.2, 0.25) is 0 Å². The van der Waals surface area contributed by atoms with Crippen LogP contribution in [0.4, 0.5) is 10.5 Å². The van der Waals surface area contributed by atoms with Crippen molar-refractivity contribution in [3.63, 3.8) is 0 Å². The van der Waals surface area contributed by atoms with E-state index in [4.69, 9.17) is 39.5 Å². The smallest absolute Gasteiger partial charge is 0.411 e. The van der Waals surface area contributed by atoms with Crippen LogP contribution in [0.15, 0.2) is 24.3 Å². The van der Waals surface area contributed by atoms with Gasteiger partial charge in [-0.3, -0.25) is 4.90 Å². The largest absolute Gasteiger partial charge is 0.445 e. The van der Waals surface area contributed by atoms with E-state index in [0.717, 1.165) is 17.7 Å². The van der Waals surface area contributed by atoms with Crippen molar-refractivity contribution in [1.82, 2.24) is 9.96 Å². The molecule has 3 aliphatic rings. The summed E-state index contributed by atoms with van der Waals surface area (Å²) in [5.41, 5.74) is 1.70. The number of likely N-dealkylation sites (tertiary alicyclic amines) is 1. The highest BCUT2D eigenvalue weighted by Gasteiger charge is 2.69. The molecule has 0 saturated carbocycles. The van der Waals surface area contributed by atoms with Crippen molar-refractivity contribution in [2.75, 3.05) is 30.5 Å². The maximum absolute atomic E-state index is 13.0. The molecule has 0 radical (unpaired) electrons. The molecule has 1 unspecified atom stereocenters.